The van der Waals surface area contributed by atoms with Crippen LogP contribution in [0.4, 0.5) is 5.82 Å². The first-order valence-corrected chi connectivity index (χ1v) is 6.49. The molecular weight excluding hydrogens is 220 g/mol. The quantitative estimate of drug-likeness (QED) is 0.862. The number of nitrogens with zero attached hydrogens (tertiary/aromatic N) is 1. The van der Waals surface area contributed by atoms with Gasteiger partial charge in [-0.05, 0) is 30.4 Å². The number of anilines is 1. The minimum absolute atomic E-state index is 0.714. The lowest BCUT2D eigenvalue weighted by Crippen LogP contribution is -2.24. The van der Waals surface area contributed by atoms with Gasteiger partial charge in [-0.15, -0.1) is 0 Å². The molecule has 0 amide bonds. The summed E-state index contributed by atoms with van der Waals surface area (Å²) in [5, 5.41) is 4.08. The van der Waals surface area contributed by atoms with Gasteiger partial charge in [-0.25, -0.2) is 4.98 Å². The highest BCUT2D eigenvalue weighted by Gasteiger charge is 2.21. The minimum Gasteiger partial charge on any atom is -0.369 e. The van der Waals surface area contributed by atoms with E-state index < -0.39 is 0 Å². The first-order valence-electron chi connectivity index (χ1n) is 6.12. The van der Waals surface area contributed by atoms with Crippen LogP contribution in [0, 0.1) is 11.8 Å². The normalized spacial score (nSPS) is 25.4. The van der Waals surface area contributed by atoms with Crippen molar-refractivity contribution in [2.24, 2.45) is 11.8 Å². The maximum atomic E-state index is 6.05. The topological polar surface area (TPSA) is 24.9 Å². The second-order valence-electron chi connectivity index (χ2n) is 4.74. The van der Waals surface area contributed by atoms with Crippen LogP contribution in [0.25, 0.3) is 0 Å². The third-order valence-corrected chi connectivity index (χ3v) is 3.88. The van der Waals surface area contributed by atoms with E-state index in [1.54, 1.807) is 6.20 Å². The highest BCUT2D eigenvalue weighted by atomic mass is 35.5. The molecule has 0 aliphatic heterocycles. The van der Waals surface area contributed by atoms with Gasteiger partial charge in [0.15, 0.2) is 0 Å². The maximum absolute atomic E-state index is 6.05. The first-order chi connectivity index (χ1) is 7.77. The van der Waals surface area contributed by atoms with Crippen molar-refractivity contribution >= 4 is 17.4 Å². The number of hydrogen-bond acceptors (Lipinski definition) is 2. The fraction of sp³-hybridized carbons (Fsp3) is 0.615. The molecule has 1 aliphatic rings. The Morgan fingerprint density at radius 1 is 1.44 bits per heavy atom. The molecule has 1 fully saturated rings. The zero-order valence-corrected chi connectivity index (χ0v) is 10.5. The average molecular weight is 239 g/mol. The summed E-state index contributed by atoms with van der Waals surface area (Å²) in [7, 11) is 0. The molecule has 0 spiro atoms. The molecule has 16 heavy (non-hydrogen) atoms. The second-order valence-corrected chi connectivity index (χ2v) is 5.14. The molecule has 0 bridgehead atoms. The summed E-state index contributed by atoms with van der Waals surface area (Å²) in [5.74, 6) is 2.41. The Bertz CT molecular complexity index is 340. The number of nitrogens with one attached hydrogen (secondary N) is 1. The van der Waals surface area contributed by atoms with E-state index in [-0.39, 0.29) is 0 Å². The molecule has 1 N–H and O–H groups in total. The van der Waals surface area contributed by atoms with Gasteiger partial charge >= 0.3 is 0 Å². The van der Waals surface area contributed by atoms with Crippen molar-refractivity contribution < 1.29 is 0 Å². The molecule has 2 atom stereocenters. The molecule has 1 aromatic rings. The van der Waals surface area contributed by atoms with Crippen molar-refractivity contribution in [1.29, 1.82) is 0 Å². The van der Waals surface area contributed by atoms with E-state index in [9.17, 15) is 0 Å². The van der Waals surface area contributed by atoms with Gasteiger partial charge in [0.25, 0.3) is 0 Å². The van der Waals surface area contributed by atoms with E-state index in [1.165, 1.54) is 25.7 Å². The standard InChI is InChI=1S/C13H19ClN2/c1-10-5-2-3-6-11(10)9-16-13-12(14)7-4-8-15-13/h4,7-8,10-11H,2-3,5-6,9H2,1H3,(H,15,16). The van der Waals surface area contributed by atoms with E-state index in [1.807, 2.05) is 12.1 Å². The maximum Gasteiger partial charge on any atom is 0.144 e. The molecule has 1 heterocycles. The Labute approximate surface area is 102 Å². The lowest BCUT2D eigenvalue weighted by Gasteiger charge is -2.29. The molecule has 2 unspecified atom stereocenters. The summed E-state index contributed by atoms with van der Waals surface area (Å²) in [5.41, 5.74) is 0. The third-order valence-electron chi connectivity index (χ3n) is 3.58. The Morgan fingerprint density at radius 3 is 3.00 bits per heavy atom. The minimum atomic E-state index is 0.714. The molecule has 88 valence electrons. The van der Waals surface area contributed by atoms with Gasteiger partial charge in [-0.2, -0.15) is 0 Å². The van der Waals surface area contributed by atoms with Crippen molar-refractivity contribution in [3.05, 3.63) is 23.4 Å². The van der Waals surface area contributed by atoms with Crippen LogP contribution >= 0.6 is 11.6 Å². The van der Waals surface area contributed by atoms with E-state index in [2.05, 4.69) is 17.2 Å². The first kappa shape index (κ1) is 11.7. The fourth-order valence-electron chi connectivity index (χ4n) is 2.44. The van der Waals surface area contributed by atoms with E-state index in [0.29, 0.717) is 5.02 Å². The summed E-state index contributed by atoms with van der Waals surface area (Å²) in [6, 6.07) is 3.73. The summed E-state index contributed by atoms with van der Waals surface area (Å²) in [6.45, 7) is 3.35. The van der Waals surface area contributed by atoms with Crippen LogP contribution in [-0.4, -0.2) is 11.5 Å². The van der Waals surface area contributed by atoms with Gasteiger partial charge in [0, 0.05) is 12.7 Å². The summed E-state index contributed by atoms with van der Waals surface area (Å²) in [4.78, 5) is 4.24. The van der Waals surface area contributed by atoms with Crippen molar-refractivity contribution in [3.8, 4) is 0 Å². The van der Waals surface area contributed by atoms with Gasteiger partial charge in [-0.3, -0.25) is 0 Å². The SMILES string of the molecule is CC1CCCCC1CNc1ncccc1Cl. The van der Waals surface area contributed by atoms with Gasteiger partial charge in [-0.1, -0.05) is 37.8 Å². The Hall–Kier alpha value is -0.760. The Balaban J connectivity index is 1.89. The van der Waals surface area contributed by atoms with Crippen LogP contribution in [0.3, 0.4) is 0 Å². The number of pyridine rings is 1. The van der Waals surface area contributed by atoms with Crippen molar-refractivity contribution in [3.63, 3.8) is 0 Å². The van der Waals surface area contributed by atoms with Crippen LogP contribution in [0.1, 0.15) is 32.6 Å². The van der Waals surface area contributed by atoms with Crippen molar-refractivity contribution in [2.45, 2.75) is 32.6 Å². The molecule has 2 nitrogen and oxygen atoms in total. The summed E-state index contributed by atoms with van der Waals surface area (Å²) >= 11 is 6.05. The monoisotopic (exact) mass is 238 g/mol. The van der Waals surface area contributed by atoms with Crippen LogP contribution in [0.2, 0.25) is 5.02 Å². The predicted octanol–water partition coefficient (Wildman–Crippen LogP) is 3.97. The largest absolute Gasteiger partial charge is 0.369 e. The summed E-state index contributed by atoms with van der Waals surface area (Å²) in [6.07, 6.45) is 7.23. The van der Waals surface area contributed by atoms with Gasteiger partial charge in [0.1, 0.15) is 5.82 Å². The molecule has 2 rings (SSSR count). The number of hydrogen-bond donors (Lipinski definition) is 1. The van der Waals surface area contributed by atoms with Gasteiger partial charge in [0.2, 0.25) is 0 Å². The lowest BCUT2D eigenvalue weighted by atomic mass is 9.80. The van der Waals surface area contributed by atoms with Gasteiger partial charge in [0.05, 0.1) is 5.02 Å². The Morgan fingerprint density at radius 2 is 2.25 bits per heavy atom. The summed E-state index contributed by atoms with van der Waals surface area (Å²) < 4.78 is 0. The zero-order valence-electron chi connectivity index (χ0n) is 9.75. The molecule has 0 saturated heterocycles. The van der Waals surface area contributed by atoms with Gasteiger partial charge < -0.3 is 5.32 Å². The smallest absolute Gasteiger partial charge is 0.144 e. The highest BCUT2D eigenvalue weighted by molar-refractivity contribution is 6.32. The predicted molar refractivity (Wildman–Crippen MR) is 68.9 cm³/mol. The second kappa shape index (κ2) is 5.53. The Kier molecular flexibility index (Phi) is 4.05. The van der Waals surface area contributed by atoms with E-state index >= 15 is 0 Å². The van der Waals surface area contributed by atoms with Crippen LogP contribution in [0.5, 0.6) is 0 Å². The van der Waals surface area contributed by atoms with E-state index in [4.69, 9.17) is 11.6 Å². The number of halogens is 1. The fourth-order valence-corrected chi connectivity index (χ4v) is 2.63. The molecule has 3 heteroatoms. The van der Waals surface area contributed by atoms with E-state index in [0.717, 1.165) is 24.2 Å². The molecule has 1 aromatic heterocycles. The van der Waals surface area contributed by atoms with Crippen molar-refractivity contribution in [1.82, 2.24) is 4.98 Å². The third kappa shape index (κ3) is 2.88. The number of rotatable bonds is 3. The molecule has 1 aliphatic carbocycles. The molecule has 0 radical (unpaired) electrons. The number of aromatic nitrogens is 1. The van der Waals surface area contributed by atoms with Crippen LogP contribution in [0.15, 0.2) is 18.3 Å². The van der Waals surface area contributed by atoms with Crippen molar-refractivity contribution in [2.75, 3.05) is 11.9 Å². The van der Waals surface area contributed by atoms with Crippen LogP contribution < -0.4 is 5.32 Å². The highest BCUT2D eigenvalue weighted by Crippen LogP contribution is 2.30. The van der Waals surface area contributed by atoms with Crippen LogP contribution in [-0.2, 0) is 0 Å². The lowest BCUT2D eigenvalue weighted by molar-refractivity contribution is 0.268. The zero-order chi connectivity index (χ0) is 11.4. The molecule has 0 aromatic carbocycles. The molecular formula is C13H19ClN2. The molecule has 1 saturated carbocycles. The average Bonchev–Trinajstić information content (AvgIpc) is 2.30.